The van der Waals surface area contributed by atoms with Crippen molar-refractivity contribution in [3.63, 3.8) is 0 Å². The van der Waals surface area contributed by atoms with Gasteiger partial charge in [0.05, 0.1) is 23.8 Å². The van der Waals surface area contributed by atoms with Crippen LogP contribution in [0.25, 0.3) is 11.0 Å². The highest BCUT2D eigenvalue weighted by Gasteiger charge is 2.05. The van der Waals surface area contributed by atoms with Crippen LogP contribution < -0.4 is 15.7 Å². The first-order valence-corrected chi connectivity index (χ1v) is 7.23. The van der Waals surface area contributed by atoms with Crippen LogP contribution in [0.15, 0.2) is 45.7 Å². The van der Waals surface area contributed by atoms with E-state index in [4.69, 9.17) is 4.74 Å². The molecular formula is C15H14BrN3O2. The van der Waals surface area contributed by atoms with Crippen LogP contribution in [0.4, 0.5) is 5.69 Å². The predicted octanol–water partition coefficient (Wildman–Crippen LogP) is 3.24. The van der Waals surface area contributed by atoms with Crippen LogP contribution in [0, 0.1) is 0 Å². The summed E-state index contributed by atoms with van der Waals surface area (Å²) in [5, 5.41) is 3.34. The summed E-state index contributed by atoms with van der Waals surface area (Å²) in [5.74, 6) is 0.832. The van der Waals surface area contributed by atoms with Crippen molar-refractivity contribution in [2.75, 3.05) is 12.4 Å². The number of nitrogens with one attached hydrogen (secondary N) is 3. The number of halogens is 1. The van der Waals surface area contributed by atoms with E-state index in [1.165, 1.54) is 0 Å². The van der Waals surface area contributed by atoms with Gasteiger partial charge in [0, 0.05) is 11.0 Å². The second-order valence-corrected chi connectivity index (χ2v) is 5.52. The molecule has 3 rings (SSSR count). The third-order valence-electron chi connectivity index (χ3n) is 3.22. The summed E-state index contributed by atoms with van der Waals surface area (Å²) < 4.78 is 6.11. The van der Waals surface area contributed by atoms with Crippen molar-refractivity contribution in [1.82, 2.24) is 9.97 Å². The highest BCUT2D eigenvalue weighted by molar-refractivity contribution is 9.10. The molecule has 0 spiro atoms. The molecule has 2 aromatic carbocycles. The van der Waals surface area contributed by atoms with Crippen LogP contribution in [0.3, 0.4) is 0 Å². The zero-order chi connectivity index (χ0) is 14.8. The van der Waals surface area contributed by atoms with Crippen LogP contribution in [-0.2, 0) is 6.54 Å². The molecule has 3 N–H and O–H groups in total. The molecule has 0 atom stereocenters. The van der Waals surface area contributed by atoms with E-state index in [1.807, 2.05) is 36.4 Å². The van der Waals surface area contributed by atoms with Gasteiger partial charge in [0.1, 0.15) is 5.75 Å². The Kier molecular flexibility index (Phi) is 3.70. The van der Waals surface area contributed by atoms with Crippen molar-refractivity contribution in [1.29, 1.82) is 0 Å². The van der Waals surface area contributed by atoms with E-state index >= 15 is 0 Å². The number of imidazole rings is 1. The number of methoxy groups -OCH3 is 1. The molecule has 0 unspecified atom stereocenters. The van der Waals surface area contributed by atoms with Gasteiger partial charge >= 0.3 is 5.69 Å². The SMILES string of the molecule is COc1cccc(CNc2cc3[nH]c(=O)[nH]c3cc2Br)c1. The lowest BCUT2D eigenvalue weighted by Crippen LogP contribution is -2.00. The van der Waals surface area contributed by atoms with Crippen molar-refractivity contribution in [3.8, 4) is 5.75 Å². The Morgan fingerprint density at radius 2 is 1.95 bits per heavy atom. The van der Waals surface area contributed by atoms with E-state index in [2.05, 4.69) is 31.2 Å². The number of anilines is 1. The summed E-state index contributed by atoms with van der Waals surface area (Å²) in [5.41, 5.74) is 3.38. The standard InChI is InChI=1S/C15H14BrN3O2/c1-21-10-4-2-3-9(5-10)8-17-12-7-14-13(6-11(12)16)18-15(20)19-14/h2-7,17H,8H2,1H3,(H2,18,19,20). The van der Waals surface area contributed by atoms with Gasteiger partial charge in [-0.2, -0.15) is 0 Å². The highest BCUT2D eigenvalue weighted by atomic mass is 79.9. The maximum absolute atomic E-state index is 11.3. The zero-order valence-electron chi connectivity index (χ0n) is 11.4. The fourth-order valence-electron chi connectivity index (χ4n) is 2.17. The molecule has 0 aliphatic carbocycles. The van der Waals surface area contributed by atoms with E-state index in [9.17, 15) is 4.79 Å². The van der Waals surface area contributed by atoms with Gasteiger partial charge in [0.15, 0.2) is 0 Å². The molecule has 0 bridgehead atoms. The van der Waals surface area contributed by atoms with Crippen LogP contribution in [0.1, 0.15) is 5.56 Å². The Morgan fingerprint density at radius 3 is 2.71 bits per heavy atom. The van der Waals surface area contributed by atoms with Crippen molar-refractivity contribution >= 4 is 32.7 Å². The number of hydrogen-bond acceptors (Lipinski definition) is 3. The second kappa shape index (κ2) is 5.65. The lowest BCUT2D eigenvalue weighted by Gasteiger charge is -2.10. The number of aromatic amines is 2. The number of benzene rings is 2. The monoisotopic (exact) mass is 347 g/mol. The summed E-state index contributed by atoms with van der Waals surface area (Å²) in [6.07, 6.45) is 0. The molecular weight excluding hydrogens is 334 g/mol. The maximum Gasteiger partial charge on any atom is 0.323 e. The summed E-state index contributed by atoms with van der Waals surface area (Å²) >= 11 is 3.51. The Bertz CT molecular complexity index is 838. The molecule has 6 heteroatoms. The van der Waals surface area contributed by atoms with Gasteiger partial charge in [-0.15, -0.1) is 0 Å². The third kappa shape index (κ3) is 2.95. The average molecular weight is 348 g/mol. The minimum absolute atomic E-state index is 0.207. The fourth-order valence-corrected chi connectivity index (χ4v) is 2.65. The first-order valence-electron chi connectivity index (χ1n) is 6.44. The lowest BCUT2D eigenvalue weighted by molar-refractivity contribution is 0.414. The first kappa shape index (κ1) is 13.8. The van der Waals surface area contributed by atoms with Crippen molar-refractivity contribution in [3.05, 3.63) is 56.9 Å². The van der Waals surface area contributed by atoms with Gasteiger partial charge in [-0.25, -0.2) is 4.79 Å². The summed E-state index contributed by atoms with van der Waals surface area (Å²) in [6, 6.07) is 11.7. The lowest BCUT2D eigenvalue weighted by atomic mass is 10.2. The topological polar surface area (TPSA) is 69.9 Å². The molecule has 3 aromatic rings. The molecule has 0 aliphatic rings. The molecule has 0 saturated heterocycles. The Labute approximate surface area is 129 Å². The van der Waals surface area contributed by atoms with Gasteiger partial charge < -0.3 is 20.0 Å². The molecule has 1 aromatic heterocycles. The van der Waals surface area contributed by atoms with Gasteiger partial charge in [-0.05, 0) is 45.8 Å². The number of rotatable bonds is 4. The summed E-state index contributed by atoms with van der Waals surface area (Å²) in [4.78, 5) is 16.8. The van der Waals surface area contributed by atoms with Gasteiger partial charge in [-0.1, -0.05) is 12.1 Å². The van der Waals surface area contributed by atoms with Crippen LogP contribution in [-0.4, -0.2) is 17.1 Å². The summed E-state index contributed by atoms with van der Waals surface area (Å²) in [7, 11) is 1.65. The molecule has 0 fully saturated rings. The van der Waals surface area contributed by atoms with E-state index in [0.29, 0.717) is 6.54 Å². The van der Waals surface area contributed by atoms with E-state index < -0.39 is 0 Å². The molecule has 0 aliphatic heterocycles. The quantitative estimate of drug-likeness (QED) is 0.678. The van der Waals surface area contributed by atoms with Gasteiger partial charge in [0.2, 0.25) is 0 Å². The predicted molar refractivity (Wildman–Crippen MR) is 86.9 cm³/mol. The fraction of sp³-hybridized carbons (Fsp3) is 0.133. The molecule has 108 valence electrons. The van der Waals surface area contributed by atoms with E-state index in [1.54, 1.807) is 7.11 Å². The minimum Gasteiger partial charge on any atom is -0.497 e. The highest BCUT2D eigenvalue weighted by Crippen LogP contribution is 2.27. The number of fused-ring (bicyclic) bond motifs is 1. The van der Waals surface area contributed by atoms with E-state index in [0.717, 1.165) is 32.5 Å². The molecule has 5 nitrogen and oxygen atoms in total. The molecule has 21 heavy (non-hydrogen) atoms. The third-order valence-corrected chi connectivity index (χ3v) is 3.88. The van der Waals surface area contributed by atoms with Crippen molar-refractivity contribution < 1.29 is 4.74 Å². The van der Waals surface area contributed by atoms with Crippen LogP contribution in [0.2, 0.25) is 0 Å². The minimum atomic E-state index is -0.207. The van der Waals surface area contributed by atoms with E-state index in [-0.39, 0.29) is 5.69 Å². The largest absolute Gasteiger partial charge is 0.497 e. The smallest absolute Gasteiger partial charge is 0.323 e. The number of hydrogen-bond donors (Lipinski definition) is 3. The number of ether oxygens (including phenoxy) is 1. The number of H-pyrrole nitrogens is 2. The molecule has 0 amide bonds. The van der Waals surface area contributed by atoms with Gasteiger partial charge in [0.25, 0.3) is 0 Å². The zero-order valence-corrected chi connectivity index (χ0v) is 13.0. The second-order valence-electron chi connectivity index (χ2n) is 4.66. The van der Waals surface area contributed by atoms with Crippen LogP contribution in [0.5, 0.6) is 5.75 Å². The van der Waals surface area contributed by atoms with Gasteiger partial charge in [-0.3, -0.25) is 0 Å². The summed E-state index contributed by atoms with van der Waals surface area (Å²) in [6.45, 7) is 0.663. The maximum atomic E-state index is 11.3. The Hall–Kier alpha value is -2.21. The van der Waals surface area contributed by atoms with Crippen molar-refractivity contribution in [2.24, 2.45) is 0 Å². The normalized spacial score (nSPS) is 10.8. The first-order chi connectivity index (χ1) is 10.2. The number of aromatic nitrogens is 2. The average Bonchev–Trinajstić information content (AvgIpc) is 2.84. The van der Waals surface area contributed by atoms with Crippen molar-refractivity contribution in [2.45, 2.75) is 6.54 Å². The van der Waals surface area contributed by atoms with Crippen LogP contribution >= 0.6 is 15.9 Å². The molecule has 0 radical (unpaired) electrons. The Morgan fingerprint density at radius 1 is 1.19 bits per heavy atom. The Balaban J connectivity index is 1.83. The molecule has 1 heterocycles. The molecule has 0 saturated carbocycles.